The molecule has 98 valence electrons. The van der Waals surface area contributed by atoms with Gasteiger partial charge < -0.3 is 15.3 Å². The summed E-state index contributed by atoms with van der Waals surface area (Å²) in [5, 5.41) is 13.2. The molecule has 0 aromatic carbocycles. The quantitative estimate of drug-likeness (QED) is 0.836. The number of aromatic nitrogens is 1. The predicted molar refractivity (Wildman–Crippen MR) is 71.8 cm³/mol. The Labute approximate surface area is 108 Å². The first-order valence-electron chi connectivity index (χ1n) is 6.68. The van der Waals surface area contributed by atoms with Gasteiger partial charge in [-0.25, -0.2) is 4.98 Å². The van der Waals surface area contributed by atoms with Crippen LogP contribution in [-0.4, -0.2) is 41.9 Å². The molecular formula is C14H21N3O. The van der Waals surface area contributed by atoms with Gasteiger partial charge in [0, 0.05) is 44.2 Å². The lowest BCUT2D eigenvalue weighted by Gasteiger charge is -2.46. The summed E-state index contributed by atoms with van der Waals surface area (Å²) in [5.74, 6) is 2.04. The Morgan fingerprint density at radius 3 is 2.50 bits per heavy atom. The molecule has 1 aromatic rings. The van der Waals surface area contributed by atoms with Crippen LogP contribution in [0.25, 0.3) is 0 Å². The van der Waals surface area contributed by atoms with Crippen LogP contribution in [-0.2, 0) is 0 Å². The Morgan fingerprint density at radius 2 is 2.06 bits per heavy atom. The lowest BCUT2D eigenvalue weighted by molar-refractivity contribution is 0.00439. The number of rotatable bonds is 3. The van der Waals surface area contributed by atoms with Crippen LogP contribution in [0.1, 0.15) is 25.3 Å². The molecule has 0 spiro atoms. The average Bonchev–Trinajstić information content (AvgIpc) is 2.13. The van der Waals surface area contributed by atoms with Crippen LogP contribution in [0.2, 0.25) is 0 Å². The number of nitrogens with one attached hydrogen (secondary N) is 1. The SMILES string of the molecule is CC(C)(O)C1CN(c2ccc(C3CNC3)cn2)C1. The summed E-state index contributed by atoms with van der Waals surface area (Å²) >= 11 is 0. The molecule has 0 saturated carbocycles. The highest BCUT2D eigenvalue weighted by Crippen LogP contribution is 2.30. The number of anilines is 1. The van der Waals surface area contributed by atoms with Gasteiger partial charge in [0.15, 0.2) is 0 Å². The van der Waals surface area contributed by atoms with Crippen molar-refractivity contribution in [3.05, 3.63) is 23.9 Å². The smallest absolute Gasteiger partial charge is 0.128 e. The van der Waals surface area contributed by atoms with Gasteiger partial charge in [0.2, 0.25) is 0 Å². The highest BCUT2D eigenvalue weighted by molar-refractivity contribution is 5.43. The largest absolute Gasteiger partial charge is 0.390 e. The van der Waals surface area contributed by atoms with Gasteiger partial charge in [-0.05, 0) is 25.5 Å². The first kappa shape index (κ1) is 11.9. The van der Waals surface area contributed by atoms with Crippen LogP contribution in [0.4, 0.5) is 5.82 Å². The van der Waals surface area contributed by atoms with E-state index in [0.717, 1.165) is 32.0 Å². The zero-order chi connectivity index (χ0) is 12.8. The standard InChI is InChI=1S/C14H21N3O/c1-14(2,18)12-8-17(9-12)13-4-3-10(7-16-13)11-5-15-6-11/h3-4,7,11-12,15,18H,5-6,8-9H2,1-2H3. The Balaban J connectivity index is 1.61. The van der Waals surface area contributed by atoms with E-state index in [2.05, 4.69) is 27.3 Å². The second-order valence-corrected chi connectivity index (χ2v) is 6.06. The molecule has 0 bridgehead atoms. The van der Waals surface area contributed by atoms with E-state index >= 15 is 0 Å². The summed E-state index contributed by atoms with van der Waals surface area (Å²) in [6.45, 7) is 7.73. The van der Waals surface area contributed by atoms with Crippen molar-refractivity contribution in [2.75, 3.05) is 31.1 Å². The first-order valence-corrected chi connectivity index (χ1v) is 6.68. The van der Waals surface area contributed by atoms with E-state index in [0.29, 0.717) is 11.8 Å². The van der Waals surface area contributed by atoms with Crippen molar-refractivity contribution in [3.8, 4) is 0 Å². The lowest BCUT2D eigenvalue weighted by Crippen LogP contribution is -2.56. The van der Waals surface area contributed by atoms with E-state index < -0.39 is 5.60 Å². The maximum absolute atomic E-state index is 9.90. The topological polar surface area (TPSA) is 48.4 Å². The van der Waals surface area contributed by atoms with Crippen molar-refractivity contribution >= 4 is 5.82 Å². The van der Waals surface area contributed by atoms with Gasteiger partial charge in [-0.3, -0.25) is 0 Å². The summed E-state index contributed by atoms with van der Waals surface area (Å²) in [6, 6.07) is 4.29. The molecule has 2 aliphatic rings. The minimum atomic E-state index is -0.575. The van der Waals surface area contributed by atoms with Gasteiger partial charge in [-0.1, -0.05) is 6.07 Å². The number of hydrogen-bond donors (Lipinski definition) is 2. The fourth-order valence-corrected chi connectivity index (χ4v) is 2.46. The summed E-state index contributed by atoms with van der Waals surface area (Å²) < 4.78 is 0. The van der Waals surface area contributed by atoms with Crippen LogP contribution in [0.15, 0.2) is 18.3 Å². The third kappa shape index (κ3) is 2.10. The van der Waals surface area contributed by atoms with Crippen molar-refractivity contribution in [3.63, 3.8) is 0 Å². The average molecular weight is 247 g/mol. The van der Waals surface area contributed by atoms with Crippen LogP contribution in [0.3, 0.4) is 0 Å². The monoisotopic (exact) mass is 247 g/mol. The Morgan fingerprint density at radius 1 is 1.33 bits per heavy atom. The fourth-order valence-electron chi connectivity index (χ4n) is 2.46. The maximum Gasteiger partial charge on any atom is 0.128 e. The summed E-state index contributed by atoms with van der Waals surface area (Å²) in [6.07, 6.45) is 2.00. The third-order valence-corrected chi connectivity index (χ3v) is 4.23. The second kappa shape index (κ2) is 4.21. The molecule has 18 heavy (non-hydrogen) atoms. The third-order valence-electron chi connectivity index (χ3n) is 4.23. The van der Waals surface area contributed by atoms with Crippen molar-refractivity contribution in [1.29, 1.82) is 0 Å². The number of hydrogen-bond acceptors (Lipinski definition) is 4. The molecule has 3 heterocycles. The zero-order valence-electron chi connectivity index (χ0n) is 11.1. The highest BCUT2D eigenvalue weighted by atomic mass is 16.3. The molecule has 0 radical (unpaired) electrons. The number of nitrogens with zero attached hydrogens (tertiary/aromatic N) is 2. The van der Waals surface area contributed by atoms with Crippen LogP contribution < -0.4 is 10.2 Å². The van der Waals surface area contributed by atoms with Crippen molar-refractivity contribution in [2.24, 2.45) is 5.92 Å². The van der Waals surface area contributed by atoms with Crippen LogP contribution >= 0.6 is 0 Å². The molecule has 0 aliphatic carbocycles. The molecule has 2 fully saturated rings. The molecule has 3 rings (SSSR count). The van der Waals surface area contributed by atoms with Gasteiger partial charge in [0.25, 0.3) is 0 Å². The molecule has 2 N–H and O–H groups in total. The van der Waals surface area contributed by atoms with E-state index in [4.69, 9.17) is 0 Å². The number of pyridine rings is 1. The summed E-state index contributed by atoms with van der Waals surface area (Å²) in [4.78, 5) is 6.76. The minimum Gasteiger partial charge on any atom is -0.390 e. The number of aliphatic hydroxyl groups is 1. The fraction of sp³-hybridized carbons (Fsp3) is 0.643. The Bertz CT molecular complexity index is 414. The summed E-state index contributed by atoms with van der Waals surface area (Å²) in [5.41, 5.74) is 0.755. The van der Waals surface area contributed by atoms with E-state index in [-0.39, 0.29) is 0 Å². The highest BCUT2D eigenvalue weighted by Gasteiger charge is 2.38. The molecule has 4 nitrogen and oxygen atoms in total. The van der Waals surface area contributed by atoms with E-state index in [1.165, 1.54) is 5.56 Å². The molecule has 4 heteroatoms. The lowest BCUT2D eigenvalue weighted by atomic mass is 9.84. The van der Waals surface area contributed by atoms with Crippen molar-refractivity contribution < 1.29 is 5.11 Å². The van der Waals surface area contributed by atoms with Crippen LogP contribution in [0, 0.1) is 5.92 Å². The van der Waals surface area contributed by atoms with Crippen molar-refractivity contribution in [2.45, 2.75) is 25.4 Å². The van der Waals surface area contributed by atoms with E-state index in [1.54, 1.807) is 0 Å². The van der Waals surface area contributed by atoms with Crippen molar-refractivity contribution in [1.82, 2.24) is 10.3 Å². The Kier molecular flexibility index (Phi) is 2.79. The van der Waals surface area contributed by atoms with Gasteiger partial charge in [-0.2, -0.15) is 0 Å². The van der Waals surface area contributed by atoms with Gasteiger partial charge in [0.1, 0.15) is 5.82 Å². The molecule has 0 amide bonds. The maximum atomic E-state index is 9.90. The molecule has 2 aliphatic heterocycles. The minimum absolute atomic E-state index is 0.356. The van der Waals surface area contributed by atoms with Gasteiger partial charge >= 0.3 is 0 Å². The Hall–Kier alpha value is -1.13. The second-order valence-electron chi connectivity index (χ2n) is 6.06. The normalized spacial score (nSPS) is 21.6. The zero-order valence-corrected chi connectivity index (χ0v) is 11.1. The van der Waals surface area contributed by atoms with E-state index in [9.17, 15) is 5.11 Å². The predicted octanol–water partition coefficient (Wildman–Crippen LogP) is 0.975. The molecule has 0 atom stereocenters. The summed E-state index contributed by atoms with van der Waals surface area (Å²) in [7, 11) is 0. The molecular weight excluding hydrogens is 226 g/mol. The molecule has 1 aromatic heterocycles. The van der Waals surface area contributed by atoms with Crippen LogP contribution in [0.5, 0.6) is 0 Å². The van der Waals surface area contributed by atoms with E-state index in [1.807, 2.05) is 20.0 Å². The van der Waals surface area contributed by atoms with Gasteiger partial charge in [-0.15, -0.1) is 0 Å². The molecule has 2 saturated heterocycles. The van der Waals surface area contributed by atoms with Gasteiger partial charge in [0.05, 0.1) is 5.60 Å². The molecule has 0 unspecified atom stereocenters. The first-order chi connectivity index (χ1) is 8.54.